The molecule has 0 aliphatic carbocycles. The zero-order valence-corrected chi connectivity index (χ0v) is 17.8. The lowest BCUT2D eigenvalue weighted by molar-refractivity contribution is 0.486. The maximum Gasteiger partial charge on any atom is 0.193 e. The van der Waals surface area contributed by atoms with E-state index in [4.69, 9.17) is 0 Å². The first kappa shape index (κ1) is 21.2. The Hall–Kier alpha value is -0.840. The Morgan fingerprint density at radius 2 is 2.25 bits per heavy atom. The smallest absolute Gasteiger partial charge is 0.193 e. The van der Waals surface area contributed by atoms with E-state index >= 15 is 0 Å². The van der Waals surface area contributed by atoms with Crippen LogP contribution in [0.1, 0.15) is 31.2 Å². The highest BCUT2D eigenvalue weighted by Crippen LogP contribution is 2.26. The third-order valence-electron chi connectivity index (χ3n) is 3.95. The molecule has 1 N–H and O–H groups in total. The number of hydrogen-bond donors (Lipinski definition) is 1. The summed E-state index contributed by atoms with van der Waals surface area (Å²) in [5.41, 5.74) is 1.27. The lowest BCUT2D eigenvalue weighted by Gasteiger charge is -2.21. The van der Waals surface area contributed by atoms with E-state index in [1.54, 1.807) is 0 Å². The monoisotopic (exact) mass is 469 g/mol. The summed E-state index contributed by atoms with van der Waals surface area (Å²) in [4.78, 5) is 6.83. The fourth-order valence-corrected chi connectivity index (χ4v) is 3.47. The predicted octanol–water partition coefficient (Wildman–Crippen LogP) is 1.23. The Morgan fingerprint density at radius 3 is 2.83 bits per heavy atom. The van der Waals surface area contributed by atoms with Gasteiger partial charge in [0.2, 0.25) is 0 Å². The molecule has 1 aromatic heterocycles. The number of nitrogens with zero attached hydrogens (tertiary/aromatic N) is 4. The molecule has 7 nitrogen and oxygen atoms in total. The molecule has 0 amide bonds. The van der Waals surface area contributed by atoms with E-state index in [0.717, 1.165) is 32.0 Å². The third kappa shape index (κ3) is 6.58. The molecule has 0 bridgehead atoms. The molecule has 1 aliphatic heterocycles. The van der Waals surface area contributed by atoms with Gasteiger partial charge < -0.3 is 10.2 Å². The number of hydrogen-bond acceptors (Lipinski definition) is 4. The Kier molecular flexibility index (Phi) is 8.48. The summed E-state index contributed by atoms with van der Waals surface area (Å²) in [6, 6.07) is 0. The average molecular weight is 469 g/mol. The average Bonchev–Trinajstić information content (AvgIpc) is 3.10. The van der Waals surface area contributed by atoms with Crippen LogP contribution in [0.3, 0.4) is 0 Å². The van der Waals surface area contributed by atoms with Crippen LogP contribution in [0, 0.1) is 0 Å². The molecule has 1 unspecified atom stereocenters. The molecular weight excluding hydrogens is 441 g/mol. The number of sulfone groups is 1. The van der Waals surface area contributed by atoms with Gasteiger partial charge in [0, 0.05) is 51.6 Å². The van der Waals surface area contributed by atoms with Crippen LogP contribution in [0.25, 0.3) is 0 Å². The van der Waals surface area contributed by atoms with Crippen molar-refractivity contribution < 1.29 is 8.42 Å². The van der Waals surface area contributed by atoms with Crippen molar-refractivity contribution >= 4 is 39.8 Å². The minimum absolute atomic E-state index is 0. The Bertz CT molecular complexity index is 644. The lowest BCUT2D eigenvalue weighted by Crippen LogP contribution is -2.40. The fourth-order valence-electron chi connectivity index (χ4n) is 2.81. The molecule has 24 heavy (non-hydrogen) atoms. The first-order valence-corrected chi connectivity index (χ1v) is 10.1. The first-order chi connectivity index (χ1) is 10.9. The van der Waals surface area contributed by atoms with Gasteiger partial charge in [-0.25, -0.2) is 8.42 Å². The van der Waals surface area contributed by atoms with Crippen molar-refractivity contribution in [3.05, 3.63) is 18.0 Å². The zero-order valence-electron chi connectivity index (χ0n) is 14.6. The molecule has 0 spiro atoms. The van der Waals surface area contributed by atoms with E-state index in [-0.39, 0.29) is 29.7 Å². The number of guanidine groups is 1. The molecule has 2 heterocycles. The molecule has 1 aliphatic rings. The Labute approximate surface area is 161 Å². The number of nitrogens with one attached hydrogen (secondary N) is 1. The maximum absolute atomic E-state index is 11.2. The second kappa shape index (κ2) is 9.59. The van der Waals surface area contributed by atoms with Crippen LogP contribution >= 0.6 is 24.0 Å². The number of rotatable bonds is 6. The van der Waals surface area contributed by atoms with Gasteiger partial charge in [-0.3, -0.25) is 9.67 Å². The number of likely N-dealkylation sites (tertiary alicyclic amines) is 1. The molecule has 138 valence electrons. The van der Waals surface area contributed by atoms with Crippen LogP contribution in [0.2, 0.25) is 0 Å². The highest BCUT2D eigenvalue weighted by molar-refractivity contribution is 14.0. The van der Waals surface area contributed by atoms with Gasteiger partial charge in [0.25, 0.3) is 0 Å². The van der Waals surface area contributed by atoms with Crippen LogP contribution in [0.15, 0.2) is 17.4 Å². The first-order valence-electron chi connectivity index (χ1n) is 8.08. The molecule has 9 heteroatoms. The van der Waals surface area contributed by atoms with Gasteiger partial charge in [0.15, 0.2) is 5.96 Å². The normalized spacial score (nSPS) is 18.5. The van der Waals surface area contributed by atoms with Gasteiger partial charge >= 0.3 is 0 Å². The lowest BCUT2D eigenvalue weighted by atomic mass is 10.0. The molecule has 1 aromatic rings. The molecule has 1 atom stereocenters. The second-order valence-corrected chi connectivity index (χ2v) is 8.36. The van der Waals surface area contributed by atoms with E-state index in [1.165, 1.54) is 11.8 Å². The van der Waals surface area contributed by atoms with Crippen LogP contribution in [0.5, 0.6) is 0 Å². The molecule has 2 rings (SSSR count). The van der Waals surface area contributed by atoms with Crippen LogP contribution in [-0.4, -0.2) is 67.2 Å². The Morgan fingerprint density at radius 1 is 1.50 bits per heavy atom. The van der Waals surface area contributed by atoms with E-state index in [0.29, 0.717) is 18.9 Å². The van der Waals surface area contributed by atoms with E-state index in [9.17, 15) is 8.42 Å². The van der Waals surface area contributed by atoms with E-state index < -0.39 is 9.84 Å². The standard InChI is InChI=1S/C15H27N5O2S.HI/c1-4-16-15(17-7-5-9-23(3,21)22)20-8-6-13(12-20)14-10-18-19(2)11-14;/h10-11,13H,4-9,12H2,1-3H3,(H,16,17);1H. The predicted molar refractivity (Wildman–Crippen MR) is 108 cm³/mol. The van der Waals surface area contributed by atoms with Crippen molar-refractivity contribution in [3.8, 4) is 0 Å². The minimum Gasteiger partial charge on any atom is -0.357 e. The second-order valence-electron chi connectivity index (χ2n) is 6.10. The molecular formula is C15H28IN5O2S. The van der Waals surface area contributed by atoms with Crippen molar-refractivity contribution in [1.29, 1.82) is 0 Å². The van der Waals surface area contributed by atoms with E-state index in [1.807, 2.05) is 24.9 Å². The molecule has 0 aromatic carbocycles. The Balaban J connectivity index is 0.00000288. The largest absolute Gasteiger partial charge is 0.357 e. The minimum atomic E-state index is -2.91. The summed E-state index contributed by atoms with van der Waals surface area (Å²) in [5.74, 6) is 1.55. The fraction of sp³-hybridized carbons (Fsp3) is 0.733. The van der Waals surface area contributed by atoms with Gasteiger partial charge in [-0.15, -0.1) is 24.0 Å². The van der Waals surface area contributed by atoms with Crippen molar-refractivity contribution in [3.63, 3.8) is 0 Å². The van der Waals surface area contributed by atoms with Gasteiger partial charge in [-0.1, -0.05) is 0 Å². The van der Waals surface area contributed by atoms with Crippen molar-refractivity contribution in [2.75, 3.05) is 38.2 Å². The topological polar surface area (TPSA) is 79.6 Å². The summed E-state index contributed by atoms with van der Waals surface area (Å²) in [7, 11) is -0.974. The zero-order chi connectivity index (χ0) is 16.9. The molecule has 1 saturated heterocycles. The number of aryl methyl sites for hydroxylation is 1. The molecule has 0 radical (unpaired) electrons. The summed E-state index contributed by atoms with van der Waals surface area (Å²) in [6.45, 7) is 5.25. The van der Waals surface area contributed by atoms with Gasteiger partial charge in [-0.05, 0) is 25.3 Å². The summed E-state index contributed by atoms with van der Waals surface area (Å²) >= 11 is 0. The SMILES string of the molecule is CCNC(=NCCCS(C)(=O)=O)N1CCC(c2cnn(C)c2)C1.I. The highest BCUT2D eigenvalue weighted by Gasteiger charge is 2.26. The van der Waals surface area contributed by atoms with Gasteiger partial charge in [-0.2, -0.15) is 5.10 Å². The quantitative estimate of drug-likeness (QED) is 0.294. The van der Waals surface area contributed by atoms with Crippen LogP contribution in [0.4, 0.5) is 0 Å². The summed E-state index contributed by atoms with van der Waals surface area (Å²) in [6.07, 6.45) is 6.92. The van der Waals surface area contributed by atoms with Crippen LogP contribution in [-0.2, 0) is 16.9 Å². The number of halogens is 1. The molecule has 0 saturated carbocycles. The number of aliphatic imine (C=N–C) groups is 1. The van der Waals surface area contributed by atoms with Crippen LogP contribution < -0.4 is 5.32 Å². The van der Waals surface area contributed by atoms with Crippen molar-refractivity contribution in [2.24, 2.45) is 12.0 Å². The summed E-state index contributed by atoms with van der Waals surface area (Å²) < 4.78 is 24.2. The van der Waals surface area contributed by atoms with Gasteiger partial charge in [0.1, 0.15) is 9.84 Å². The third-order valence-corrected chi connectivity index (χ3v) is 4.98. The van der Waals surface area contributed by atoms with E-state index in [2.05, 4.69) is 26.5 Å². The maximum atomic E-state index is 11.2. The van der Waals surface area contributed by atoms with Gasteiger partial charge in [0.05, 0.1) is 11.9 Å². The van der Waals surface area contributed by atoms with Crippen molar-refractivity contribution in [2.45, 2.75) is 25.7 Å². The number of aromatic nitrogens is 2. The molecule has 1 fully saturated rings. The highest BCUT2D eigenvalue weighted by atomic mass is 127. The summed E-state index contributed by atoms with van der Waals surface area (Å²) in [5, 5.41) is 7.55. The van der Waals surface area contributed by atoms with Crippen molar-refractivity contribution in [1.82, 2.24) is 20.0 Å².